The van der Waals surface area contributed by atoms with E-state index in [4.69, 9.17) is 0 Å². The fraction of sp³-hybridized carbons (Fsp3) is 0.333. The molecule has 82 valence electrons. The topological polar surface area (TPSA) is 30.7 Å². The Balaban J connectivity index is 2.10. The smallest absolute Gasteiger partial charge is 0.153 e. The van der Waals surface area contributed by atoms with Gasteiger partial charge in [0.2, 0.25) is 0 Å². The third kappa shape index (κ3) is 1.67. The molecule has 0 radical (unpaired) electrons. The number of nitrogens with zero attached hydrogens (tertiary/aromatic N) is 3. The lowest BCUT2D eigenvalue weighted by Gasteiger charge is -2.06. The van der Waals surface area contributed by atoms with E-state index in [1.807, 2.05) is 35.3 Å². The number of aromatic nitrogens is 3. The third-order valence-electron chi connectivity index (χ3n) is 2.86. The van der Waals surface area contributed by atoms with Crippen LogP contribution in [0, 0.1) is 0 Å². The Morgan fingerprint density at radius 2 is 2.25 bits per heavy atom. The van der Waals surface area contributed by atoms with E-state index >= 15 is 0 Å². The molecule has 1 aliphatic carbocycles. The van der Waals surface area contributed by atoms with Crippen LogP contribution < -0.4 is 0 Å². The van der Waals surface area contributed by atoms with Crippen molar-refractivity contribution >= 4 is 15.9 Å². The van der Waals surface area contributed by atoms with E-state index in [2.05, 4.69) is 26.0 Å². The Labute approximate surface area is 103 Å². The predicted molar refractivity (Wildman–Crippen MR) is 66.0 cm³/mol. The molecule has 2 heterocycles. The maximum Gasteiger partial charge on any atom is 0.153 e. The van der Waals surface area contributed by atoms with E-state index in [9.17, 15) is 0 Å². The van der Waals surface area contributed by atoms with Crippen LogP contribution in [0.4, 0.5) is 0 Å². The van der Waals surface area contributed by atoms with Gasteiger partial charge in [0.15, 0.2) is 5.82 Å². The molecule has 0 aliphatic heterocycles. The minimum Gasteiger partial charge on any atom is -0.237 e. The second kappa shape index (κ2) is 4.01. The standard InChI is InChI=1S/C12H12BrN3/c13-7-10-8-15-16(12(10)9-4-5-9)11-3-1-2-6-14-11/h1-3,6,8-9H,4-5,7H2. The summed E-state index contributed by atoms with van der Waals surface area (Å²) in [5.41, 5.74) is 2.61. The first-order valence-electron chi connectivity index (χ1n) is 5.44. The summed E-state index contributed by atoms with van der Waals surface area (Å²) in [7, 11) is 0. The quantitative estimate of drug-likeness (QED) is 0.808. The number of rotatable bonds is 3. The average molecular weight is 278 g/mol. The van der Waals surface area contributed by atoms with Gasteiger partial charge in [-0.25, -0.2) is 9.67 Å². The number of halogens is 1. The van der Waals surface area contributed by atoms with Crippen LogP contribution >= 0.6 is 15.9 Å². The molecule has 0 spiro atoms. The molecule has 0 aromatic carbocycles. The van der Waals surface area contributed by atoms with E-state index in [1.165, 1.54) is 24.1 Å². The fourth-order valence-corrected chi connectivity index (χ4v) is 2.38. The fourth-order valence-electron chi connectivity index (χ4n) is 1.95. The minimum atomic E-state index is 0.678. The first-order valence-corrected chi connectivity index (χ1v) is 6.56. The molecule has 0 saturated heterocycles. The highest BCUT2D eigenvalue weighted by molar-refractivity contribution is 9.08. The van der Waals surface area contributed by atoms with Gasteiger partial charge in [-0.3, -0.25) is 0 Å². The van der Waals surface area contributed by atoms with Crippen molar-refractivity contribution in [2.45, 2.75) is 24.1 Å². The zero-order valence-electron chi connectivity index (χ0n) is 8.81. The molecule has 2 aromatic rings. The van der Waals surface area contributed by atoms with Gasteiger partial charge in [-0.15, -0.1) is 0 Å². The van der Waals surface area contributed by atoms with Crippen LogP contribution in [0.25, 0.3) is 5.82 Å². The molecule has 16 heavy (non-hydrogen) atoms. The Hall–Kier alpha value is -1.16. The Bertz CT molecular complexity index is 488. The van der Waals surface area contributed by atoms with Gasteiger partial charge in [-0.1, -0.05) is 22.0 Å². The van der Waals surface area contributed by atoms with Gasteiger partial charge in [0.25, 0.3) is 0 Å². The van der Waals surface area contributed by atoms with Crippen LogP contribution in [0.5, 0.6) is 0 Å². The summed E-state index contributed by atoms with van der Waals surface area (Å²) < 4.78 is 1.98. The zero-order valence-corrected chi connectivity index (χ0v) is 10.4. The van der Waals surface area contributed by atoms with Gasteiger partial charge >= 0.3 is 0 Å². The maximum atomic E-state index is 4.44. The van der Waals surface area contributed by atoms with Gasteiger partial charge in [0, 0.05) is 23.0 Å². The second-order valence-electron chi connectivity index (χ2n) is 4.06. The molecule has 2 aromatic heterocycles. The molecule has 1 fully saturated rings. The van der Waals surface area contributed by atoms with Crippen LogP contribution in [-0.4, -0.2) is 14.8 Å². The minimum absolute atomic E-state index is 0.678. The zero-order chi connectivity index (χ0) is 11.0. The second-order valence-corrected chi connectivity index (χ2v) is 4.62. The van der Waals surface area contributed by atoms with Crippen LogP contribution in [0.2, 0.25) is 0 Å². The van der Waals surface area contributed by atoms with Crippen molar-refractivity contribution in [1.82, 2.24) is 14.8 Å². The normalized spacial score (nSPS) is 15.3. The summed E-state index contributed by atoms with van der Waals surface area (Å²) in [6, 6.07) is 5.92. The van der Waals surface area contributed by atoms with Crippen molar-refractivity contribution < 1.29 is 0 Å². The van der Waals surface area contributed by atoms with Crippen molar-refractivity contribution in [3.8, 4) is 5.82 Å². The number of pyridine rings is 1. The van der Waals surface area contributed by atoms with Crippen molar-refractivity contribution in [3.05, 3.63) is 41.9 Å². The summed E-state index contributed by atoms with van der Waals surface area (Å²) in [6.45, 7) is 0. The molecule has 0 bridgehead atoms. The maximum absolute atomic E-state index is 4.44. The lowest BCUT2D eigenvalue weighted by molar-refractivity contribution is 0.782. The largest absolute Gasteiger partial charge is 0.237 e. The molecule has 0 amide bonds. The monoisotopic (exact) mass is 277 g/mol. The van der Waals surface area contributed by atoms with Gasteiger partial charge in [0.05, 0.1) is 11.9 Å². The molecule has 3 rings (SSSR count). The number of hydrogen-bond acceptors (Lipinski definition) is 2. The Morgan fingerprint density at radius 1 is 1.38 bits per heavy atom. The lowest BCUT2D eigenvalue weighted by Crippen LogP contribution is -2.03. The van der Waals surface area contributed by atoms with E-state index in [0.717, 1.165) is 11.1 Å². The Morgan fingerprint density at radius 3 is 2.88 bits per heavy atom. The first-order chi connectivity index (χ1) is 7.90. The lowest BCUT2D eigenvalue weighted by atomic mass is 10.2. The summed E-state index contributed by atoms with van der Waals surface area (Å²) in [5.74, 6) is 1.59. The highest BCUT2D eigenvalue weighted by atomic mass is 79.9. The number of alkyl halides is 1. The summed E-state index contributed by atoms with van der Waals surface area (Å²) >= 11 is 3.52. The third-order valence-corrected chi connectivity index (χ3v) is 3.46. The van der Waals surface area contributed by atoms with E-state index in [0.29, 0.717) is 5.92 Å². The van der Waals surface area contributed by atoms with Gasteiger partial charge in [0.1, 0.15) is 0 Å². The molecule has 1 saturated carbocycles. The summed E-state index contributed by atoms with van der Waals surface area (Å²) in [6.07, 6.45) is 6.30. The van der Waals surface area contributed by atoms with Crippen LogP contribution in [0.15, 0.2) is 30.6 Å². The highest BCUT2D eigenvalue weighted by Gasteiger charge is 2.30. The molecule has 4 heteroatoms. The predicted octanol–water partition coefficient (Wildman–Crippen LogP) is 3.04. The highest BCUT2D eigenvalue weighted by Crippen LogP contribution is 2.42. The SMILES string of the molecule is BrCc1cnn(-c2ccccn2)c1C1CC1. The van der Waals surface area contributed by atoms with Crippen molar-refractivity contribution in [2.24, 2.45) is 0 Å². The molecule has 1 aliphatic rings. The van der Waals surface area contributed by atoms with Gasteiger partial charge < -0.3 is 0 Å². The van der Waals surface area contributed by atoms with Crippen LogP contribution in [-0.2, 0) is 5.33 Å². The van der Waals surface area contributed by atoms with Crippen molar-refractivity contribution in [3.63, 3.8) is 0 Å². The average Bonchev–Trinajstić information content (AvgIpc) is 3.09. The van der Waals surface area contributed by atoms with Gasteiger partial charge in [-0.2, -0.15) is 5.10 Å². The number of hydrogen-bond donors (Lipinski definition) is 0. The van der Waals surface area contributed by atoms with Crippen LogP contribution in [0.1, 0.15) is 30.0 Å². The van der Waals surface area contributed by atoms with E-state index in [1.54, 1.807) is 0 Å². The van der Waals surface area contributed by atoms with Crippen molar-refractivity contribution in [2.75, 3.05) is 0 Å². The molecule has 0 atom stereocenters. The van der Waals surface area contributed by atoms with E-state index < -0.39 is 0 Å². The Kier molecular flexibility index (Phi) is 2.52. The molecule has 0 N–H and O–H groups in total. The first kappa shape index (κ1) is 10.0. The van der Waals surface area contributed by atoms with Crippen LogP contribution in [0.3, 0.4) is 0 Å². The summed E-state index contributed by atoms with van der Waals surface area (Å²) in [4.78, 5) is 4.35. The van der Waals surface area contributed by atoms with Crippen molar-refractivity contribution in [1.29, 1.82) is 0 Å². The summed E-state index contributed by atoms with van der Waals surface area (Å²) in [5, 5.41) is 5.31. The van der Waals surface area contributed by atoms with Gasteiger partial charge in [-0.05, 0) is 25.0 Å². The molecule has 3 nitrogen and oxygen atoms in total. The molecular formula is C12H12BrN3. The van der Waals surface area contributed by atoms with E-state index in [-0.39, 0.29) is 0 Å². The molecular weight excluding hydrogens is 266 g/mol. The molecule has 0 unspecified atom stereocenters.